The third-order valence-electron chi connectivity index (χ3n) is 6.56. The largest absolute Gasteiger partial charge is 0.338 e. The van der Waals surface area contributed by atoms with E-state index >= 15 is 0 Å². The molecule has 4 rings (SSSR count). The highest BCUT2D eigenvalue weighted by molar-refractivity contribution is 7.89. The molecule has 2 aliphatic rings. The van der Waals surface area contributed by atoms with E-state index < -0.39 is 21.8 Å². The molecule has 0 spiro atoms. The van der Waals surface area contributed by atoms with Crippen molar-refractivity contribution < 1.29 is 22.4 Å². The summed E-state index contributed by atoms with van der Waals surface area (Å²) < 4.78 is 41.0. The fourth-order valence-corrected chi connectivity index (χ4v) is 6.36. The van der Waals surface area contributed by atoms with Crippen LogP contribution in [0.3, 0.4) is 0 Å². The van der Waals surface area contributed by atoms with E-state index in [2.05, 4.69) is 5.32 Å². The van der Waals surface area contributed by atoms with Crippen LogP contribution in [-0.2, 0) is 14.8 Å². The molecule has 2 saturated heterocycles. The quantitative estimate of drug-likeness (QED) is 0.695. The van der Waals surface area contributed by atoms with Crippen molar-refractivity contribution in [1.82, 2.24) is 9.21 Å². The normalized spacial score (nSPS) is 19.6. The van der Waals surface area contributed by atoms with Crippen molar-refractivity contribution in [2.75, 3.05) is 31.5 Å². The zero-order valence-corrected chi connectivity index (χ0v) is 20.1. The molecular weight excluding hydrogens is 457 g/mol. The molecule has 0 aromatic heterocycles. The molecule has 2 aliphatic heterocycles. The maximum absolute atomic E-state index is 13.2. The number of nitrogens with one attached hydrogen (secondary N) is 1. The van der Waals surface area contributed by atoms with E-state index in [1.54, 1.807) is 24.0 Å². The maximum atomic E-state index is 13.2. The lowest BCUT2D eigenvalue weighted by atomic mass is 9.96. The first kappa shape index (κ1) is 24.3. The molecule has 1 N–H and O–H groups in total. The minimum Gasteiger partial charge on any atom is -0.338 e. The van der Waals surface area contributed by atoms with Crippen molar-refractivity contribution in [3.8, 4) is 0 Å². The second-order valence-corrected chi connectivity index (χ2v) is 10.9. The lowest BCUT2D eigenvalue weighted by Crippen LogP contribution is -2.43. The number of benzene rings is 2. The molecule has 34 heavy (non-hydrogen) atoms. The van der Waals surface area contributed by atoms with Crippen molar-refractivity contribution >= 4 is 27.5 Å². The predicted molar refractivity (Wildman–Crippen MR) is 127 cm³/mol. The van der Waals surface area contributed by atoms with E-state index in [0.717, 1.165) is 19.3 Å². The number of carbonyl (C=O) groups excluding carboxylic acids is 2. The number of hydrogen-bond donors (Lipinski definition) is 1. The van der Waals surface area contributed by atoms with E-state index in [1.807, 2.05) is 0 Å². The van der Waals surface area contributed by atoms with Crippen molar-refractivity contribution in [2.24, 2.45) is 5.92 Å². The van der Waals surface area contributed by atoms with Gasteiger partial charge in [0.15, 0.2) is 0 Å². The first-order valence-corrected chi connectivity index (χ1v) is 13.2. The Morgan fingerprint density at radius 1 is 0.971 bits per heavy atom. The second kappa shape index (κ2) is 10.2. The van der Waals surface area contributed by atoms with Crippen LogP contribution in [0.2, 0.25) is 0 Å². The van der Waals surface area contributed by atoms with Gasteiger partial charge in [-0.1, -0.05) is 12.5 Å². The summed E-state index contributed by atoms with van der Waals surface area (Å²) in [4.78, 5) is 27.6. The van der Waals surface area contributed by atoms with Crippen molar-refractivity contribution in [1.29, 1.82) is 0 Å². The SMILES string of the molecule is Cc1ccc(NC(=O)C2CCCN(C(=O)c3ccc(F)cc3)C2)cc1S(=O)(=O)N1CCCCC1. The highest BCUT2D eigenvalue weighted by Crippen LogP contribution is 2.27. The average Bonchev–Trinajstić information content (AvgIpc) is 2.85. The summed E-state index contributed by atoms with van der Waals surface area (Å²) in [5, 5.41) is 2.85. The van der Waals surface area contributed by atoms with Gasteiger partial charge in [-0.25, -0.2) is 12.8 Å². The lowest BCUT2D eigenvalue weighted by molar-refractivity contribution is -0.121. The molecule has 1 atom stereocenters. The zero-order chi connectivity index (χ0) is 24.3. The summed E-state index contributed by atoms with van der Waals surface area (Å²) in [6.45, 7) is 3.56. The Bertz CT molecular complexity index is 1160. The fourth-order valence-electron chi connectivity index (χ4n) is 4.60. The maximum Gasteiger partial charge on any atom is 0.253 e. The van der Waals surface area contributed by atoms with Gasteiger partial charge >= 0.3 is 0 Å². The van der Waals surface area contributed by atoms with Crippen LogP contribution in [0.1, 0.15) is 48.0 Å². The number of halogens is 1. The van der Waals surface area contributed by atoms with Crippen LogP contribution < -0.4 is 5.32 Å². The van der Waals surface area contributed by atoms with Gasteiger partial charge in [-0.2, -0.15) is 4.31 Å². The van der Waals surface area contributed by atoms with Gasteiger partial charge in [0, 0.05) is 37.4 Å². The molecule has 0 aliphatic carbocycles. The molecule has 2 aromatic carbocycles. The number of hydrogen-bond acceptors (Lipinski definition) is 4. The van der Waals surface area contributed by atoms with Crippen molar-refractivity contribution in [2.45, 2.75) is 43.9 Å². The van der Waals surface area contributed by atoms with E-state index in [1.165, 1.54) is 34.6 Å². The first-order valence-electron chi connectivity index (χ1n) is 11.7. The molecular formula is C25H30FN3O4S. The number of piperidine rings is 2. The molecule has 2 amide bonds. The first-order chi connectivity index (χ1) is 16.3. The predicted octanol–water partition coefficient (Wildman–Crippen LogP) is 3.80. The standard InChI is InChI=1S/C25H30FN3O4S/c1-18-7-12-22(16-23(18)34(32,33)29-14-3-2-4-15-29)27-24(30)20-6-5-13-28(17-20)25(31)19-8-10-21(26)11-9-19/h7-12,16,20H,2-6,13-15,17H2,1H3,(H,27,30). The monoisotopic (exact) mass is 487 g/mol. The molecule has 7 nitrogen and oxygen atoms in total. The van der Waals surface area contributed by atoms with Gasteiger partial charge in [0.05, 0.1) is 10.8 Å². The van der Waals surface area contributed by atoms with Crippen LogP contribution >= 0.6 is 0 Å². The van der Waals surface area contributed by atoms with Crippen LogP contribution in [-0.4, -0.2) is 55.6 Å². The Labute approximate surface area is 200 Å². The van der Waals surface area contributed by atoms with Crippen LogP contribution in [0.15, 0.2) is 47.4 Å². The highest BCUT2D eigenvalue weighted by atomic mass is 32.2. The Kier molecular flexibility index (Phi) is 7.33. The summed E-state index contributed by atoms with van der Waals surface area (Å²) in [5.41, 5.74) is 1.44. The van der Waals surface area contributed by atoms with Crippen LogP contribution in [0, 0.1) is 18.7 Å². The van der Waals surface area contributed by atoms with Crippen LogP contribution in [0.5, 0.6) is 0 Å². The van der Waals surface area contributed by atoms with Crippen LogP contribution in [0.4, 0.5) is 10.1 Å². The van der Waals surface area contributed by atoms with E-state index in [4.69, 9.17) is 0 Å². The van der Waals surface area contributed by atoms with Gasteiger partial charge in [0.2, 0.25) is 15.9 Å². The number of nitrogens with zero attached hydrogens (tertiary/aromatic N) is 2. The smallest absolute Gasteiger partial charge is 0.253 e. The van der Waals surface area contributed by atoms with Gasteiger partial charge in [-0.15, -0.1) is 0 Å². The third kappa shape index (κ3) is 5.31. The molecule has 2 fully saturated rings. The number of amides is 2. The van der Waals surface area contributed by atoms with E-state index in [9.17, 15) is 22.4 Å². The number of carbonyl (C=O) groups is 2. The molecule has 1 unspecified atom stereocenters. The van der Waals surface area contributed by atoms with Gasteiger partial charge in [-0.05, 0) is 74.6 Å². The number of sulfonamides is 1. The Morgan fingerprint density at radius 2 is 1.68 bits per heavy atom. The van der Waals surface area contributed by atoms with Gasteiger partial charge in [0.1, 0.15) is 5.82 Å². The lowest BCUT2D eigenvalue weighted by Gasteiger charge is -2.32. The topological polar surface area (TPSA) is 86.8 Å². The number of rotatable bonds is 5. The molecule has 2 aromatic rings. The zero-order valence-electron chi connectivity index (χ0n) is 19.3. The molecule has 0 bridgehead atoms. The summed E-state index contributed by atoms with van der Waals surface area (Å²) in [6.07, 6.45) is 4.04. The third-order valence-corrected chi connectivity index (χ3v) is 8.60. The minimum atomic E-state index is -3.63. The second-order valence-electron chi connectivity index (χ2n) is 9.03. The Morgan fingerprint density at radius 3 is 2.38 bits per heavy atom. The van der Waals surface area contributed by atoms with Gasteiger partial charge in [0.25, 0.3) is 5.91 Å². The van der Waals surface area contributed by atoms with Crippen molar-refractivity contribution in [3.05, 3.63) is 59.4 Å². The molecule has 0 saturated carbocycles. The number of aryl methyl sites for hydroxylation is 1. The summed E-state index contributed by atoms with van der Waals surface area (Å²) >= 11 is 0. The van der Waals surface area contributed by atoms with Crippen LogP contribution in [0.25, 0.3) is 0 Å². The number of likely N-dealkylation sites (tertiary alicyclic amines) is 1. The molecule has 2 heterocycles. The molecule has 9 heteroatoms. The van der Waals surface area contributed by atoms with E-state index in [-0.39, 0.29) is 23.3 Å². The number of anilines is 1. The Hall–Kier alpha value is -2.78. The van der Waals surface area contributed by atoms with Crippen molar-refractivity contribution in [3.63, 3.8) is 0 Å². The minimum absolute atomic E-state index is 0.212. The molecule has 0 radical (unpaired) electrons. The average molecular weight is 488 g/mol. The molecule has 182 valence electrons. The van der Waals surface area contributed by atoms with Gasteiger partial charge in [-0.3, -0.25) is 9.59 Å². The van der Waals surface area contributed by atoms with Gasteiger partial charge < -0.3 is 10.2 Å². The fraction of sp³-hybridized carbons (Fsp3) is 0.440. The van der Waals surface area contributed by atoms with E-state index in [0.29, 0.717) is 49.3 Å². The summed E-state index contributed by atoms with van der Waals surface area (Å²) in [6, 6.07) is 10.3. The summed E-state index contributed by atoms with van der Waals surface area (Å²) in [5.74, 6) is -1.31. The summed E-state index contributed by atoms with van der Waals surface area (Å²) in [7, 11) is -3.63. The highest BCUT2D eigenvalue weighted by Gasteiger charge is 2.30. The Balaban J connectivity index is 1.45.